The van der Waals surface area contributed by atoms with E-state index in [9.17, 15) is 18.0 Å². The first-order valence-corrected chi connectivity index (χ1v) is 8.92. The van der Waals surface area contributed by atoms with Crippen LogP contribution in [0.3, 0.4) is 0 Å². The van der Waals surface area contributed by atoms with Crippen molar-refractivity contribution in [1.29, 1.82) is 0 Å². The summed E-state index contributed by atoms with van der Waals surface area (Å²) in [5.74, 6) is -1.21. The van der Waals surface area contributed by atoms with Crippen LogP contribution in [0.15, 0.2) is 48.8 Å². The summed E-state index contributed by atoms with van der Waals surface area (Å²) >= 11 is 0. The van der Waals surface area contributed by atoms with Gasteiger partial charge in [-0.3, -0.25) is 0 Å². The summed E-state index contributed by atoms with van der Waals surface area (Å²) in [6, 6.07) is 8.06. The lowest BCUT2D eigenvalue weighted by atomic mass is 10.2. The van der Waals surface area contributed by atoms with Crippen molar-refractivity contribution in [3.63, 3.8) is 0 Å². The quantitative estimate of drug-likeness (QED) is 0.593. The zero-order valence-electron chi connectivity index (χ0n) is 15.3. The zero-order valence-corrected chi connectivity index (χ0v) is 15.3. The van der Waals surface area contributed by atoms with Crippen molar-refractivity contribution in [2.75, 3.05) is 24.6 Å². The van der Waals surface area contributed by atoms with E-state index in [4.69, 9.17) is 4.74 Å². The molecule has 1 saturated heterocycles. The van der Waals surface area contributed by atoms with Crippen LogP contribution in [-0.4, -0.2) is 41.5 Å². The fourth-order valence-electron chi connectivity index (χ4n) is 2.91. The number of halogens is 3. The molecular weight excluding hydrogens is 383 g/mol. The summed E-state index contributed by atoms with van der Waals surface area (Å²) in [5.41, 5.74) is 2.02. The van der Waals surface area contributed by atoms with Crippen LogP contribution in [-0.2, 0) is 4.74 Å². The Morgan fingerprint density at radius 1 is 1.21 bits per heavy atom. The van der Waals surface area contributed by atoms with Gasteiger partial charge in [-0.25, -0.2) is 22.5 Å². The lowest BCUT2D eigenvalue weighted by molar-refractivity contribution is 0.0528. The molecule has 0 N–H and O–H groups in total. The lowest BCUT2D eigenvalue weighted by Gasteiger charge is -2.17. The monoisotopic (exact) mass is 407 g/mol. The molecule has 0 saturated carbocycles. The van der Waals surface area contributed by atoms with Crippen molar-refractivity contribution < 1.29 is 22.7 Å². The smallest absolute Gasteiger partial charge is 0.341 e. The molecule has 0 spiro atoms. The van der Waals surface area contributed by atoms with Crippen LogP contribution < -0.4 is 4.90 Å². The molecule has 1 atom stereocenters. The maximum absolute atomic E-state index is 13.3. The number of aromatic nitrogens is 2. The number of benzene rings is 1. The van der Waals surface area contributed by atoms with Crippen molar-refractivity contribution in [3.8, 4) is 0 Å². The van der Waals surface area contributed by atoms with E-state index in [1.54, 1.807) is 17.6 Å². The number of hydrogen-bond donors (Lipinski definition) is 0. The number of ether oxygens (including phenoxy) is 1. The molecule has 2 aromatic heterocycles. The van der Waals surface area contributed by atoms with Gasteiger partial charge >= 0.3 is 5.97 Å². The summed E-state index contributed by atoms with van der Waals surface area (Å²) in [4.78, 5) is 13.8. The Kier molecular flexibility index (Phi) is 7.64. The van der Waals surface area contributed by atoms with E-state index in [1.807, 2.05) is 17.0 Å². The summed E-state index contributed by atoms with van der Waals surface area (Å²) in [5, 5.41) is 4.13. The highest BCUT2D eigenvalue weighted by Gasteiger charge is 2.23. The van der Waals surface area contributed by atoms with Gasteiger partial charge in [0.2, 0.25) is 0 Å². The van der Waals surface area contributed by atoms with Gasteiger partial charge in [-0.05, 0) is 49.7 Å². The fourth-order valence-corrected chi connectivity index (χ4v) is 2.91. The maximum atomic E-state index is 13.3. The van der Waals surface area contributed by atoms with Crippen LogP contribution >= 0.6 is 0 Å². The van der Waals surface area contributed by atoms with Crippen molar-refractivity contribution in [2.24, 2.45) is 0 Å². The summed E-state index contributed by atoms with van der Waals surface area (Å²) in [6.45, 7) is 3.19. The molecule has 1 aliphatic rings. The van der Waals surface area contributed by atoms with E-state index in [0.29, 0.717) is 37.2 Å². The number of alkyl halides is 1. The minimum Gasteiger partial charge on any atom is -0.462 e. The molecule has 0 radical (unpaired) electrons. The third kappa shape index (κ3) is 5.49. The standard InChI is InChI=1S/C14H16FN3O2.C6H4F2.CH4/c1-2-20-14(19)12-8-16-18-6-4-11(7-13(12)18)17-5-3-10(15)9-17;7-5-1-2-6(8)4-3-5;/h4,6-8,10H,2-3,5,9H2,1H3;1-4H;1H4. The predicted molar refractivity (Wildman–Crippen MR) is 106 cm³/mol. The molecule has 0 bridgehead atoms. The Bertz CT molecular complexity index is 923. The topological polar surface area (TPSA) is 46.8 Å². The number of carbonyl (C=O) groups excluding carboxylic acids is 1. The largest absolute Gasteiger partial charge is 0.462 e. The highest BCUT2D eigenvalue weighted by Crippen LogP contribution is 2.24. The average molecular weight is 407 g/mol. The molecule has 8 heteroatoms. The normalized spacial score (nSPS) is 15.4. The summed E-state index contributed by atoms with van der Waals surface area (Å²) in [6.07, 6.45) is 3.05. The Morgan fingerprint density at radius 3 is 2.41 bits per heavy atom. The molecule has 29 heavy (non-hydrogen) atoms. The number of anilines is 1. The average Bonchev–Trinajstić information content (AvgIpc) is 3.30. The molecule has 3 heterocycles. The van der Waals surface area contributed by atoms with Gasteiger partial charge in [-0.15, -0.1) is 0 Å². The minimum atomic E-state index is -0.777. The maximum Gasteiger partial charge on any atom is 0.341 e. The summed E-state index contributed by atoms with van der Waals surface area (Å²) in [7, 11) is 0. The van der Waals surface area contributed by atoms with Gasteiger partial charge in [-0.2, -0.15) is 5.10 Å². The van der Waals surface area contributed by atoms with Crippen LogP contribution in [0.1, 0.15) is 31.1 Å². The van der Waals surface area contributed by atoms with Gasteiger partial charge in [0.25, 0.3) is 0 Å². The molecule has 1 unspecified atom stereocenters. The van der Waals surface area contributed by atoms with Gasteiger partial charge in [-0.1, -0.05) is 7.43 Å². The molecule has 1 fully saturated rings. The van der Waals surface area contributed by atoms with Gasteiger partial charge in [0.15, 0.2) is 0 Å². The first-order chi connectivity index (χ1) is 13.5. The van der Waals surface area contributed by atoms with Crippen molar-refractivity contribution in [3.05, 3.63) is 66.0 Å². The molecular formula is C21H24F3N3O2. The molecule has 1 aliphatic heterocycles. The van der Waals surface area contributed by atoms with Crippen LogP contribution in [0, 0.1) is 11.6 Å². The molecule has 3 aromatic rings. The second-order valence-corrected chi connectivity index (χ2v) is 6.26. The third-order valence-corrected chi connectivity index (χ3v) is 4.30. The van der Waals surface area contributed by atoms with E-state index in [0.717, 1.165) is 30.0 Å². The first kappa shape index (κ1) is 22.3. The Balaban J connectivity index is 0.000000283. The number of esters is 1. The molecule has 4 rings (SSSR count). The number of carbonyl (C=O) groups is 1. The van der Waals surface area contributed by atoms with E-state index in [1.165, 1.54) is 6.20 Å². The molecule has 0 amide bonds. The number of rotatable bonds is 3. The van der Waals surface area contributed by atoms with E-state index >= 15 is 0 Å². The molecule has 1 aromatic carbocycles. The highest BCUT2D eigenvalue weighted by molar-refractivity contribution is 5.97. The Morgan fingerprint density at radius 2 is 1.86 bits per heavy atom. The Hall–Kier alpha value is -3.03. The predicted octanol–water partition coefficient (Wildman–Crippen LogP) is 4.66. The van der Waals surface area contributed by atoms with Crippen LogP contribution in [0.2, 0.25) is 0 Å². The van der Waals surface area contributed by atoms with Gasteiger partial charge < -0.3 is 9.64 Å². The Labute approximate surface area is 167 Å². The van der Waals surface area contributed by atoms with Crippen LogP contribution in [0.25, 0.3) is 5.52 Å². The second-order valence-electron chi connectivity index (χ2n) is 6.26. The van der Waals surface area contributed by atoms with E-state index in [-0.39, 0.29) is 13.4 Å². The molecule has 156 valence electrons. The SMILES string of the molecule is C.CCOC(=O)c1cnn2ccc(N3CCC(F)C3)cc12.Fc1ccc(F)cc1. The summed E-state index contributed by atoms with van der Waals surface area (Å²) < 4.78 is 43.8. The highest BCUT2D eigenvalue weighted by atomic mass is 19.1. The van der Waals surface area contributed by atoms with Gasteiger partial charge in [0.05, 0.1) is 18.3 Å². The van der Waals surface area contributed by atoms with Crippen molar-refractivity contribution in [1.82, 2.24) is 9.61 Å². The minimum absolute atomic E-state index is 0. The molecule has 0 aliphatic carbocycles. The number of fused-ring (bicyclic) bond motifs is 1. The van der Waals surface area contributed by atoms with E-state index in [2.05, 4.69) is 5.10 Å². The number of hydrogen-bond acceptors (Lipinski definition) is 4. The second kappa shape index (κ2) is 9.95. The lowest BCUT2D eigenvalue weighted by Crippen LogP contribution is -2.20. The molecule has 5 nitrogen and oxygen atoms in total. The van der Waals surface area contributed by atoms with Crippen molar-refractivity contribution >= 4 is 17.2 Å². The van der Waals surface area contributed by atoms with Crippen LogP contribution in [0.5, 0.6) is 0 Å². The zero-order chi connectivity index (χ0) is 20.1. The number of nitrogens with zero attached hydrogens (tertiary/aromatic N) is 3. The van der Waals surface area contributed by atoms with E-state index < -0.39 is 17.8 Å². The first-order valence-electron chi connectivity index (χ1n) is 8.92. The van der Waals surface area contributed by atoms with Gasteiger partial charge in [0, 0.05) is 25.0 Å². The fraction of sp³-hybridized carbons (Fsp3) is 0.333. The third-order valence-electron chi connectivity index (χ3n) is 4.30. The van der Waals surface area contributed by atoms with Crippen molar-refractivity contribution in [2.45, 2.75) is 26.9 Å². The number of pyridine rings is 1. The van der Waals surface area contributed by atoms with Gasteiger partial charge in [0.1, 0.15) is 23.4 Å². The van der Waals surface area contributed by atoms with Crippen LogP contribution in [0.4, 0.5) is 18.9 Å².